The van der Waals surface area contributed by atoms with E-state index >= 15 is 0 Å². The van der Waals surface area contributed by atoms with Gasteiger partial charge in [0.25, 0.3) is 0 Å². The molecule has 0 radical (unpaired) electrons. The maximum absolute atomic E-state index is 12.6. The van der Waals surface area contributed by atoms with E-state index in [-0.39, 0.29) is 11.8 Å². The number of rotatable bonds is 6. The molecule has 3 rings (SSSR count). The van der Waals surface area contributed by atoms with Crippen LogP contribution in [0, 0.1) is 0 Å². The lowest BCUT2D eigenvalue weighted by atomic mass is 9.95. The smallest absolute Gasteiger partial charge is 0.227 e. The second kappa shape index (κ2) is 8.30. The van der Waals surface area contributed by atoms with E-state index in [1.807, 2.05) is 30.3 Å². The Hall–Kier alpha value is -2.13. The van der Waals surface area contributed by atoms with Gasteiger partial charge in [0, 0.05) is 25.7 Å². The van der Waals surface area contributed by atoms with Crippen LogP contribution in [0.1, 0.15) is 42.9 Å². The van der Waals surface area contributed by atoms with Crippen LogP contribution in [0.4, 0.5) is 0 Å². The number of hydrogen-bond donors (Lipinski definition) is 1. The van der Waals surface area contributed by atoms with E-state index in [1.54, 1.807) is 0 Å². The third kappa shape index (κ3) is 4.29. The molecule has 0 saturated heterocycles. The lowest BCUT2D eigenvalue weighted by Crippen LogP contribution is -2.45. The van der Waals surface area contributed by atoms with Crippen LogP contribution >= 0.6 is 0 Å². The lowest BCUT2D eigenvalue weighted by molar-refractivity contribution is -0.122. The molecule has 1 N–H and O–H groups in total. The third-order valence-corrected chi connectivity index (χ3v) is 5.28. The minimum atomic E-state index is -0.0597. The SMILES string of the molecule is CCC(C(=O)NCC(C)N1CCc2ccccc2C1)c1ccccc1. The minimum Gasteiger partial charge on any atom is -0.354 e. The number of benzene rings is 2. The minimum absolute atomic E-state index is 0.0597. The van der Waals surface area contributed by atoms with E-state index in [9.17, 15) is 4.79 Å². The molecule has 132 valence electrons. The molecule has 0 spiro atoms. The van der Waals surface area contributed by atoms with Crippen molar-refractivity contribution in [2.45, 2.75) is 45.2 Å². The summed E-state index contributed by atoms with van der Waals surface area (Å²) in [5.41, 5.74) is 3.98. The zero-order valence-electron chi connectivity index (χ0n) is 15.2. The number of fused-ring (bicyclic) bond motifs is 1. The standard InChI is InChI=1S/C22H28N2O/c1-3-21(19-10-5-4-6-11-19)22(25)23-15-17(2)24-14-13-18-9-7-8-12-20(18)16-24/h4-12,17,21H,3,13-16H2,1-2H3,(H,23,25). The van der Waals surface area contributed by atoms with E-state index in [0.29, 0.717) is 12.6 Å². The van der Waals surface area contributed by atoms with Crippen LogP contribution in [0.15, 0.2) is 54.6 Å². The van der Waals surface area contributed by atoms with Crippen LogP contribution < -0.4 is 5.32 Å². The Kier molecular flexibility index (Phi) is 5.87. The first-order valence-corrected chi connectivity index (χ1v) is 9.32. The van der Waals surface area contributed by atoms with Gasteiger partial charge in [0.05, 0.1) is 5.92 Å². The highest BCUT2D eigenvalue weighted by atomic mass is 16.1. The molecular formula is C22H28N2O. The fourth-order valence-electron chi connectivity index (χ4n) is 3.65. The highest BCUT2D eigenvalue weighted by Gasteiger charge is 2.23. The molecule has 0 bridgehead atoms. The highest BCUT2D eigenvalue weighted by Crippen LogP contribution is 2.21. The van der Waals surface area contributed by atoms with Crippen LogP contribution in [0.25, 0.3) is 0 Å². The van der Waals surface area contributed by atoms with Gasteiger partial charge in [-0.05, 0) is 36.5 Å². The molecule has 0 saturated carbocycles. The highest BCUT2D eigenvalue weighted by molar-refractivity contribution is 5.83. The van der Waals surface area contributed by atoms with Gasteiger partial charge in [-0.1, -0.05) is 61.5 Å². The molecule has 0 aromatic heterocycles. The zero-order valence-corrected chi connectivity index (χ0v) is 15.2. The zero-order chi connectivity index (χ0) is 17.6. The summed E-state index contributed by atoms with van der Waals surface area (Å²) in [5, 5.41) is 3.17. The number of nitrogens with one attached hydrogen (secondary N) is 1. The number of amides is 1. The number of carbonyl (C=O) groups excluding carboxylic acids is 1. The molecule has 2 aromatic carbocycles. The molecule has 0 fully saturated rings. The number of nitrogens with zero attached hydrogens (tertiary/aromatic N) is 1. The summed E-state index contributed by atoms with van der Waals surface area (Å²) in [6, 6.07) is 19.1. The maximum Gasteiger partial charge on any atom is 0.227 e. The quantitative estimate of drug-likeness (QED) is 0.871. The molecule has 1 heterocycles. The number of hydrogen-bond acceptors (Lipinski definition) is 2. The first-order valence-electron chi connectivity index (χ1n) is 9.32. The van der Waals surface area contributed by atoms with Crippen molar-refractivity contribution in [3.8, 4) is 0 Å². The Morgan fingerprint density at radius 2 is 1.76 bits per heavy atom. The molecule has 2 aromatic rings. The van der Waals surface area contributed by atoms with Gasteiger partial charge in [0.15, 0.2) is 0 Å². The average molecular weight is 336 g/mol. The third-order valence-electron chi connectivity index (χ3n) is 5.28. The topological polar surface area (TPSA) is 32.3 Å². The van der Waals surface area contributed by atoms with Gasteiger partial charge < -0.3 is 5.32 Å². The first-order chi connectivity index (χ1) is 12.2. The largest absolute Gasteiger partial charge is 0.354 e. The van der Waals surface area contributed by atoms with Crippen molar-refractivity contribution < 1.29 is 4.79 Å². The van der Waals surface area contributed by atoms with Gasteiger partial charge in [-0.15, -0.1) is 0 Å². The Morgan fingerprint density at radius 3 is 2.48 bits per heavy atom. The molecule has 1 amide bonds. The predicted octanol–water partition coefficient (Wildman–Crippen LogP) is 3.74. The average Bonchev–Trinajstić information content (AvgIpc) is 2.67. The summed E-state index contributed by atoms with van der Waals surface area (Å²) >= 11 is 0. The summed E-state index contributed by atoms with van der Waals surface area (Å²) in [4.78, 5) is 15.1. The van der Waals surface area contributed by atoms with Crippen LogP contribution in [0.2, 0.25) is 0 Å². The first kappa shape index (κ1) is 17.7. The summed E-state index contributed by atoms with van der Waals surface area (Å²) in [7, 11) is 0. The van der Waals surface area contributed by atoms with Crippen molar-refractivity contribution in [3.63, 3.8) is 0 Å². The Balaban J connectivity index is 1.55. The van der Waals surface area contributed by atoms with Crippen molar-refractivity contribution in [3.05, 3.63) is 71.3 Å². The van der Waals surface area contributed by atoms with Gasteiger partial charge >= 0.3 is 0 Å². The van der Waals surface area contributed by atoms with Crippen LogP contribution in [-0.2, 0) is 17.8 Å². The monoisotopic (exact) mass is 336 g/mol. The molecule has 3 nitrogen and oxygen atoms in total. The van der Waals surface area contributed by atoms with Crippen molar-refractivity contribution in [2.75, 3.05) is 13.1 Å². The molecule has 3 heteroatoms. The van der Waals surface area contributed by atoms with Crippen molar-refractivity contribution in [1.29, 1.82) is 0 Å². The summed E-state index contributed by atoms with van der Waals surface area (Å²) < 4.78 is 0. The Bertz CT molecular complexity index is 698. The van der Waals surface area contributed by atoms with Crippen molar-refractivity contribution in [2.24, 2.45) is 0 Å². The van der Waals surface area contributed by atoms with Crippen LogP contribution in [0.5, 0.6) is 0 Å². The molecular weight excluding hydrogens is 308 g/mol. The summed E-state index contributed by atoms with van der Waals surface area (Å²) in [5.74, 6) is 0.0773. The van der Waals surface area contributed by atoms with Crippen LogP contribution in [0.3, 0.4) is 0 Å². The van der Waals surface area contributed by atoms with E-state index in [4.69, 9.17) is 0 Å². The fraction of sp³-hybridized carbons (Fsp3) is 0.409. The van der Waals surface area contributed by atoms with E-state index in [1.165, 1.54) is 11.1 Å². The maximum atomic E-state index is 12.6. The second-order valence-electron chi connectivity index (χ2n) is 6.95. The molecule has 2 atom stereocenters. The molecule has 1 aliphatic heterocycles. The van der Waals surface area contributed by atoms with Gasteiger partial charge in [0.1, 0.15) is 0 Å². The summed E-state index contributed by atoms with van der Waals surface area (Å²) in [6.07, 6.45) is 1.91. The predicted molar refractivity (Wildman–Crippen MR) is 103 cm³/mol. The fourth-order valence-corrected chi connectivity index (χ4v) is 3.65. The van der Waals surface area contributed by atoms with Crippen LogP contribution in [-0.4, -0.2) is 29.9 Å². The second-order valence-corrected chi connectivity index (χ2v) is 6.95. The molecule has 2 unspecified atom stereocenters. The van der Waals surface area contributed by atoms with E-state index < -0.39 is 0 Å². The van der Waals surface area contributed by atoms with Gasteiger partial charge in [0.2, 0.25) is 5.91 Å². The van der Waals surface area contributed by atoms with E-state index in [0.717, 1.165) is 31.5 Å². The lowest BCUT2D eigenvalue weighted by Gasteiger charge is -2.34. The van der Waals surface area contributed by atoms with E-state index in [2.05, 4.69) is 48.3 Å². The Morgan fingerprint density at radius 1 is 1.08 bits per heavy atom. The van der Waals surface area contributed by atoms with Gasteiger partial charge in [-0.3, -0.25) is 9.69 Å². The number of carbonyl (C=O) groups is 1. The molecule has 0 aliphatic carbocycles. The van der Waals surface area contributed by atoms with Gasteiger partial charge in [-0.2, -0.15) is 0 Å². The van der Waals surface area contributed by atoms with Crippen molar-refractivity contribution in [1.82, 2.24) is 10.2 Å². The Labute approximate surface area is 151 Å². The molecule has 25 heavy (non-hydrogen) atoms. The van der Waals surface area contributed by atoms with Gasteiger partial charge in [-0.25, -0.2) is 0 Å². The van der Waals surface area contributed by atoms with Crippen molar-refractivity contribution >= 4 is 5.91 Å². The summed E-state index contributed by atoms with van der Waals surface area (Å²) in [6.45, 7) is 7.01. The normalized spacial score (nSPS) is 16.7. The molecule has 1 aliphatic rings.